The number of anilines is 1. The first-order valence-electron chi connectivity index (χ1n) is 5.86. The van der Waals surface area contributed by atoms with Gasteiger partial charge in [0.1, 0.15) is 5.75 Å². The summed E-state index contributed by atoms with van der Waals surface area (Å²) in [6.07, 6.45) is -4.47. The molecule has 2 rings (SSSR count). The fraction of sp³-hybridized carbons (Fsp3) is 0.143. The molecule has 0 heterocycles. The predicted octanol–water partition coefficient (Wildman–Crippen LogP) is 5.44. The normalized spacial score (nSPS) is 11.5. The summed E-state index contributed by atoms with van der Waals surface area (Å²) in [4.78, 5) is 0. The number of hydrogen-bond acceptors (Lipinski definition) is 2. The molecule has 2 N–H and O–H groups in total. The minimum atomic E-state index is -4.47. The lowest BCUT2D eigenvalue weighted by atomic mass is 10.1. The van der Waals surface area contributed by atoms with E-state index in [9.17, 15) is 18.3 Å². The number of benzene rings is 2. The average Bonchev–Trinajstić information content (AvgIpc) is 2.40. The number of alkyl halides is 3. The molecule has 2 aromatic rings. The highest BCUT2D eigenvalue weighted by Crippen LogP contribution is 2.37. The molecule has 0 bridgehead atoms. The Hall–Kier alpha value is -1.40. The van der Waals surface area contributed by atoms with Crippen LogP contribution in [0.3, 0.4) is 0 Å². The highest BCUT2D eigenvalue weighted by Gasteiger charge is 2.33. The second kappa shape index (κ2) is 6.15. The first-order valence-corrected chi connectivity index (χ1v) is 7.03. The number of aromatic hydroxyl groups is 1. The molecule has 0 saturated heterocycles. The molecule has 0 atom stereocenters. The van der Waals surface area contributed by atoms with Crippen molar-refractivity contribution in [3.05, 3.63) is 57.0 Å². The van der Waals surface area contributed by atoms with Gasteiger partial charge in [-0.25, -0.2) is 0 Å². The molecule has 0 unspecified atom stereocenters. The highest BCUT2D eigenvalue weighted by molar-refractivity contribution is 9.10. The maximum absolute atomic E-state index is 13.0. The van der Waals surface area contributed by atoms with Gasteiger partial charge in [0, 0.05) is 22.3 Å². The van der Waals surface area contributed by atoms with Gasteiger partial charge in [-0.1, -0.05) is 39.7 Å². The predicted molar refractivity (Wildman–Crippen MR) is 79.6 cm³/mol. The van der Waals surface area contributed by atoms with Gasteiger partial charge in [0.05, 0.1) is 10.6 Å². The first kappa shape index (κ1) is 16.0. The van der Waals surface area contributed by atoms with E-state index in [0.29, 0.717) is 10.0 Å². The Kier molecular flexibility index (Phi) is 4.68. The number of nitrogens with one attached hydrogen (secondary N) is 1. The van der Waals surface area contributed by atoms with E-state index in [1.54, 1.807) is 12.1 Å². The van der Waals surface area contributed by atoms with Crippen LogP contribution >= 0.6 is 27.5 Å². The van der Waals surface area contributed by atoms with Crippen LogP contribution in [0.4, 0.5) is 18.9 Å². The molecular formula is C14H10BrClF3NO. The number of phenolic OH excluding ortho intramolecular Hbond substituents is 1. The van der Waals surface area contributed by atoms with Crippen LogP contribution in [0.5, 0.6) is 5.75 Å². The van der Waals surface area contributed by atoms with E-state index in [4.69, 9.17) is 11.6 Å². The standard InChI is InChI=1S/C14H10BrClF3NO/c15-9-4-5-12(10(6-9)14(17,18)19)20-7-8-2-1-3-11(16)13(8)21/h1-6,20-21H,7H2. The quantitative estimate of drug-likeness (QED) is 0.743. The second-order valence-electron chi connectivity index (χ2n) is 4.29. The molecule has 0 saturated carbocycles. The van der Waals surface area contributed by atoms with Crippen LogP contribution in [0.1, 0.15) is 11.1 Å². The monoisotopic (exact) mass is 379 g/mol. The zero-order valence-corrected chi connectivity index (χ0v) is 12.9. The summed E-state index contributed by atoms with van der Waals surface area (Å²) in [6, 6.07) is 8.54. The highest BCUT2D eigenvalue weighted by atomic mass is 79.9. The van der Waals surface area contributed by atoms with E-state index in [1.807, 2.05) is 0 Å². The van der Waals surface area contributed by atoms with Gasteiger partial charge in [0.15, 0.2) is 0 Å². The van der Waals surface area contributed by atoms with Crippen molar-refractivity contribution in [3.8, 4) is 5.75 Å². The summed E-state index contributed by atoms with van der Waals surface area (Å²) in [5.74, 6) is -0.141. The molecule has 0 spiro atoms. The summed E-state index contributed by atoms with van der Waals surface area (Å²) in [5, 5.41) is 12.6. The summed E-state index contributed by atoms with van der Waals surface area (Å²) in [5.41, 5.74) is -0.429. The molecule has 2 nitrogen and oxygen atoms in total. The number of hydrogen-bond donors (Lipinski definition) is 2. The van der Waals surface area contributed by atoms with Gasteiger partial charge in [0.25, 0.3) is 0 Å². The second-order valence-corrected chi connectivity index (χ2v) is 5.61. The van der Waals surface area contributed by atoms with Gasteiger partial charge >= 0.3 is 6.18 Å². The van der Waals surface area contributed by atoms with Crippen molar-refractivity contribution in [2.75, 3.05) is 5.32 Å². The lowest BCUT2D eigenvalue weighted by molar-refractivity contribution is -0.137. The van der Waals surface area contributed by atoms with Gasteiger partial charge in [-0.2, -0.15) is 13.2 Å². The molecule has 112 valence electrons. The van der Waals surface area contributed by atoms with E-state index >= 15 is 0 Å². The van der Waals surface area contributed by atoms with Crippen LogP contribution in [-0.2, 0) is 12.7 Å². The van der Waals surface area contributed by atoms with Gasteiger partial charge in [-0.3, -0.25) is 0 Å². The Morgan fingerprint density at radius 1 is 1.19 bits per heavy atom. The molecule has 0 aliphatic heterocycles. The molecule has 21 heavy (non-hydrogen) atoms. The van der Waals surface area contributed by atoms with Crippen molar-refractivity contribution >= 4 is 33.2 Å². The van der Waals surface area contributed by atoms with Crippen molar-refractivity contribution < 1.29 is 18.3 Å². The molecule has 0 amide bonds. The van der Waals surface area contributed by atoms with Gasteiger partial charge in [-0.05, 0) is 24.3 Å². The van der Waals surface area contributed by atoms with Crippen molar-refractivity contribution in [2.45, 2.75) is 12.7 Å². The molecular weight excluding hydrogens is 371 g/mol. The lowest BCUT2D eigenvalue weighted by Crippen LogP contribution is -2.11. The Morgan fingerprint density at radius 3 is 2.57 bits per heavy atom. The van der Waals surface area contributed by atoms with E-state index in [0.717, 1.165) is 6.07 Å². The Morgan fingerprint density at radius 2 is 1.90 bits per heavy atom. The smallest absolute Gasteiger partial charge is 0.418 e. The lowest BCUT2D eigenvalue weighted by Gasteiger charge is -2.15. The van der Waals surface area contributed by atoms with Crippen molar-refractivity contribution in [3.63, 3.8) is 0 Å². The topological polar surface area (TPSA) is 32.3 Å². The minimum absolute atomic E-state index is 0.0249. The van der Waals surface area contributed by atoms with Crippen LogP contribution in [0.2, 0.25) is 5.02 Å². The molecule has 0 radical (unpaired) electrons. The van der Waals surface area contributed by atoms with E-state index in [-0.39, 0.29) is 23.0 Å². The van der Waals surface area contributed by atoms with Gasteiger partial charge in [0.2, 0.25) is 0 Å². The summed E-state index contributed by atoms with van der Waals surface area (Å²) < 4.78 is 39.2. The molecule has 2 aromatic carbocycles. The van der Waals surface area contributed by atoms with Gasteiger partial charge in [-0.15, -0.1) is 0 Å². The number of rotatable bonds is 3. The fourth-order valence-electron chi connectivity index (χ4n) is 1.80. The largest absolute Gasteiger partial charge is 0.506 e. The number of halogens is 5. The summed E-state index contributed by atoms with van der Waals surface area (Å²) >= 11 is 8.78. The third kappa shape index (κ3) is 3.83. The van der Waals surface area contributed by atoms with Crippen LogP contribution in [0.15, 0.2) is 40.9 Å². The molecule has 0 aliphatic carbocycles. The van der Waals surface area contributed by atoms with Crippen molar-refractivity contribution in [1.29, 1.82) is 0 Å². The first-order chi connectivity index (χ1) is 9.79. The third-order valence-electron chi connectivity index (χ3n) is 2.83. The molecule has 0 aromatic heterocycles. The average molecular weight is 381 g/mol. The number of phenols is 1. The SMILES string of the molecule is Oc1c(Cl)cccc1CNc1ccc(Br)cc1C(F)(F)F. The van der Waals surface area contributed by atoms with Crippen LogP contribution in [0, 0.1) is 0 Å². The van der Waals surface area contributed by atoms with Crippen molar-refractivity contribution in [2.24, 2.45) is 0 Å². The maximum atomic E-state index is 13.0. The molecule has 0 fully saturated rings. The van der Waals surface area contributed by atoms with Crippen LogP contribution < -0.4 is 5.32 Å². The van der Waals surface area contributed by atoms with Crippen LogP contribution in [-0.4, -0.2) is 5.11 Å². The Labute approximate surface area is 132 Å². The van der Waals surface area contributed by atoms with E-state index in [1.165, 1.54) is 18.2 Å². The number of para-hydroxylation sites is 1. The Bertz CT molecular complexity index is 661. The van der Waals surface area contributed by atoms with Crippen molar-refractivity contribution in [1.82, 2.24) is 0 Å². The minimum Gasteiger partial charge on any atom is -0.506 e. The zero-order chi connectivity index (χ0) is 15.6. The van der Waals surface area contributed by atoms with E-state index in [2.05, 4.69) is 21.2 Å². The fourth-order valence-corrected chi connectivity index (χ4v) is 2.35. The zero-order valence-electron chi connectivity index (χ0n) is 10.5. The Balaban J connectivity index is 2.26. The maximum Gasteiger partial charge on any atom is 0.418 e. The summed E-state index contributed by atoms with van der Waals surface area (Å²) in [6.45, 7) is 0.0249. The third-order valence-corrected chi connectivity index (χ3v) is 3.62. The van der Waals surface area contributed by atoms with Gasteiger partial charge < -0.3 is 10.4 Å². The van der Waals surface area contributed by atoms with Crippen LogP contribution in [0.25, 0.3) is 0 Å². The van der Waals surface area contributed by atoms with E-state index < -0.39 is 11.7 Å². The summed E-state index contributed by atoms with van der Waals surface area (Å²) in [7, 11) is 0. The molecule has 7 heteroatoms. The molecule has 0 aliphatic rings.